The third kappa shape index (κ3) is 4.81. The van der Waals surface area contributed by atoms with E-state index in [1.54, 1.807) is 6.07 Å². The topological polar surface area (TPSA) is 61.4 Å². The van der Waals surface area contributed by atoms with E-state index in [1.807, 2.05) is 25.1 Å². The van der Waals surface area contributed by atoms with Gasteiger partial charge in [0.2, 0.25) is 5.91 Å². The minimum Gasteiger partial charge on any atom is -0.372 e. The summed E-state index contributed by atoms with van der Waals surface area (Å²) in [5.41, 5.74) is 2.63. The second-order valence-corrected chi connectivity index (χ2v) is 5.88. The number of nitrogens with zero attached hydrogens (tertiary/aromatic N) is 1. The molecule has 0 unspecified atom stereocenters. The molecule has 0 aromatic heterocycles. The van der Waals surface area contributed by atoms with Crippen molar-refractivity contribution in [3.63, 3.8) is 0 Å². The fourth-order valence-electron chi connectivity index (χ4n) is 2.67. The third-order valence-corrected chi connectivity index (χ3v) is 4.14. The fraction of sp³-hybridized carbons (Fsp3) is 0.300. The Morgan fingerprint density at radius 1 is 1.08 bits per heavy atom. The first-order valence-corrected chi connectivity index (χ1v) is 8.64. The van der Waals surface area contributed by atoms with Gasteiger partial charge >= 0.3 is 0 Å². The molecule has 0 aliphatic carbocycles. The molecular weight excluding hydrogens is 333 g/mol. The molecule has 138 valence electrons. The summed E-state index contributed by atoms with van der Waals surface area (Å²) >= 11 is 0. The Balaban J connectivity index is 1.95. The van der Waals surface area contributed by atoms with Gasteiger partial charge in [-0.25, -0.2) is 4.39 Å². The summed E-state index contributed by atoms with van der Waals surface area (Å²) in [4.78, 5) is 26.2. The first kappa shape index (κ1) is 19.4. The molecule has 0 atom stereocenters. The molecule has 0 radical (unpaired) electrons. The first-order chi connectivity index (χ1) is 12.5. The summed E-state index contributed by atoms with van der Waals surface area (Å²) in [6.07, 6.45) is 0. The van der Waals surface area contributed by atoms with Crippen molar-refractivity contribution < 1.29 is 14.0 Å². The number of aryl methyl sites for hydroxylation is 1. The van der Waals surface area contributed by atoms with Crippen LogP contribution in [-0.2, 0) is 4.79 Å². The van der Waals surface area contributed by atoms with Gasteiger partial charge in [-0.2, -0.15) is 0 Å². The van der Waals surface area contributed by atoms with Gasteiger partial charge < -0.3 is 15.5 Å². The maximum atomic E-state index is 13.6. The van der Waals surface area contributed by atoms with E-state index in [2.05, 4.69) is 29.4 Å². The van der Waals surface area contributed by atoms with Crippen molar-refractivity contribution in [1.29, 1.82) is 0 Å². The number of rotatable bonds is 7. The highest BCUT2D eigenvalue weighted by molar-refractivity contribution is 5.99. The number of amides is 2. The second kappa shape index (κ2) is 8.99. The Kier molecular flexibility index (Phi) is 6.72. The maximum Gasteiger partial charge on any atom is 0.254 e. The van der Waals surface area contributed by atoms with Crippen LogP contribution in [0.3, 0.4) is 0 Å². The van der Waals surface area contributed by atoms with Crippen molar-refractivity contribution in [1.82, 2.24) is 5.32 Å². The van der Waals surface area contributed by atoms with E-state index < -0.39 is 11.7 Å². The molecule has 0 heterocycles. The summed E-state index contributed by atoms with van der Waals surface area (Å²) in [7, 11) is 0. The Morgan fingerprint density at radius 2 is 1.77 bits per heavy atom. The minimum atomic E-state index is -0.619. The first-order valence-electron chi connectivity index (χ1n) is 8.64. The molecule has 2 rings (SSSR count). The van der Waals surface area contributed by atoms with Crippen LogP contribution >= 0.6 is 0 Å². The summed E-state index contributed by atoms with van der Waals surface area (Å²) in [6.45, 7) is 7.68. The standard InChI is InChI=1S/C20H24FN3O2/c1-4-24(5-2)15-10-11-18(14(3)12-15)23-19(25)13-22-20(26)16-8-6-7-9-17(16)21/h6-12H,4-5,13H2,1-3H3,(H,22,26)(H,23,25). The predicted octanol–water partition coefficient (Wildman–Crippen LogP) is 3.35. The number of benzene rings is 2. The lowest BCUT2D eigenvalue weighted by Gasteiger charge is -2.22. The molecule has 0 spiro atoms. The van der Waals surface area contributed by atoms with Gasteiger partial charge in [0.15, 0.2) is 0 Å². The van der Waals surface area contributed by atoms with Crippen molar-refractivity contribution in [2.45, 2.75) is 20.8 Å². The highest BCUT2D eigenvalue weighted by Gasteiger charge is 2.13. The average molecular weight is 357 g/mol. The van der Waals surface area contributed by atoms with E-state index in [9.17, 15) is 14.0 Å². The van der Waals surface area contributed by atoms with Crippen molar-refractivity contribution in [2.75, 3.05) is 29.9 Å². The van der Waals surface area contributed by atoms with Crippen LogP contribution in [0, 0.1) is 12.7 Å². The van der Waals surface area contributed by atoms with Crippen molar-refractivity contribution in [3.8, 4) is 0 Å². The molecule has 0 saturated carbocycles. The molecule has 26 heavy (non-hydrogen) atoms. The summed E-state index contributed by atoms with van der Waals surface area (Å²) in [5, 5.41) is 5.20. The molecule has 2 N–H and O–H groups in total. The molecule has 2 aromatic rings. The van der Waals surface area contributed by atoms with Crippen molar-refractivity contribution >= 4 is 23.2 Å². The van der Waals surface area contributed by atoms with Crippen LogP contribution in [0.25, 0.3) is 0 Å². The van der Waals surface area contributed by atoms with Crippen LogP contribution in [0.15, 0.2) is 42.5 Å². The highest BCUT2D eigenvalue weighted by Crippen LogP contribution is 2.22. The lowest BCUT2D eigenvalue weighted by atomic mass is 10.1. The van der Waals surface area contributed by atoms with Gasteiger partial charge in [-0.3, -0.25) is 9.59 Å². The molecule has 6 heteroatoms. The molecule has 0 bridgehead atoms. The molecule has 2 amide bonds. The van der Waals surface area contributed by atoms with Gasteiger partial charge in [-0.1, -0.05) is 12.1 Å². The summed E-state index contributed by atoms with van der Waals surface area (Å²) < 4.78 is 13.6. The molecule has 0 fully saturated rings. The van der Waals surface area contributed by atoms with Crippen LogP contribution < -0.4 is 15.5 Å². The number of carbonyl (C=O) groups excluding carboxylic acids is 2. The van der Waals surface area contributed by atoms with Gasteiger partial charge in [-0.05, 0) is 56.7 Å². The maximum absolute atomic E-state index is 13.6. The fourth-order valence-corrected chi connectivity index (χ4v) is 2.67. The number of halogens is 1. The largest absolute Gasteiger partial charge is 0.372 e. The van der Waals surface area contributed by atoms with Crippen LogP contribution in [0.2, 0.25) is 0 Å². The molecule has 5 nitrogen and oxygen atoms in total. The normalized spacial score (nSPS) is 10.3. The van der Waals surface area contributed by atoms with E-state index >= 15 is 0 Å². The van der Waals surface area contributed by atoms with Crippen LogP contribution in [0.1, 0.15) is 29.8 Å². The Hall–Kier alpha value is -2.89. The smallest absolute Gasteiger partial charge is 0.254 e. The van der Waals surface area contributed by atoms with Gasteiger partial charge in [-0.15, -0.1) is 0 Å². The van der Waals surface area contributed by atoms with Crippen LogP contribution in [-0.4, -0.2) is 31.4 Å². The second-order valence-electron chi connectivity index (χ2n) is 5.88. The van der Waals surface area contributed by atoms with Gasteiger partial charge in [0.1, 0.15) is 5.82 Å². The molecule has 0 saturated heterocycles. The molecule has 2 aromatic carbocycles. The highest BCUT2D eigenvalue weighted by atomic mass is 19.1. The Labute approximate surface area is 153 Å². The Morgan fingerprint density at radius 3 is 2.38 bits per heavy atom. The van der Waals surface area contributed by atoms with Crippen LogP contribution in [0.5, 0.6) is 0 Å². The van der Waals surface area contributed by atoms with Crippen molar-refractivity contribution in [3.05, 3.63) is 59.4 Å². The minimum absolute atomic E-state index is 0.0833. The number of nitrogens with one attached hydrogen (secondary N) is 2. The lowest BCUT2D eigenvalue weighted by molar-refractivity contribution is -0.115. The summed E-state index contributed by atoms with van der Waals surface area (Å²) in [6, 6.07) is 11.5. The Bertz CT molecular complexity index is 788. The van der Waals surface area contributed by atoms with E-state index in [0.29, 0.717) is 5.69 Å². The molecule has 0 aliphatic heterocycles. The average Bonchev–Trinajstić information content (AvgIpc) is 2.63. The number of anilines is 2. The van der Waals surface area contributed by atoms with Crippen molar-refractivity contribution in [2.24, 2.45) is 0 Å². The van der Waals surface area contributed by atoms with E-state index in [-0.39, 0.29) is 18.0 Å². The monoisotopic (exact) mass is 357 g/mol. The molecular formula is C20H24FN3O2. The van der Waals surface area contributed by atoms with E-state index in [4.69, 9.17) is 0 Å². The van der Waals surface area contributed by atoms with E-state index in [1.165, 1.54) is 18.2 Å². The lowest BCUT2D eigenvalue weighted by Crippen LogP contribution is -2.33. The SMILES string of the molecule is CCN(CC)c1ccc(NC(=O)CNC(=O)c2ccccc2F)c(C)c1. The van der Waals surface area contributed by atoms with Gasteiger partial charge in [0, 0.05) is 24.5 Å². The van der Waals surface area contributed by atoms with Crippen LogP contribution in [0.4, 0.5) is 15.8 Å². The number of hydrogen-bond donors (Lipinski definition) is 2. The quantitative estimate of drug-likeness (QED) is 0.799. The summed E-state index contributed by atoms with van der Waals surface area (Å²) in [5.74, 6) is -1.60. The molecule has 0 aliphatic rings. The van der Waals surface area contributed by atoms with Gasteiger partial charge in [0.05, 0.1) is 12.1 Å². The number of hydrogen-bond acceptors (Lipinski definition) is 3. The van der Waals surface area contributed by atoms with Gasteiger partial charge in [0.25, 0.3) is 5.91 Å². The third-order valence-electron chi connectivity index (χ3n) is 4.14. The predicted molar refractivity (Wildman–Crippen MR) is 102 cm³/mol. The number of carbonyl (C=O) groups is 2. The zero-order chi connectivity index (χ0) is 19.1. The van der Waals surface area contributed by atoms with E-state index in [0.717, 1.165) is 24.3 Å². The zero-order valence-electron chi connectivity index (χ0n) is 15.3. The zero-order valence-corrected chi connectivity index (χ0v) is 15.3.